The van der Waals surface area contributed by atoms with Crippen LogP contribution in [0.4, 0.5) is 0 Å². The van der Waals surface area contributed by atoms with Crippen molar-refractivity contribution in [3.8, 4) is 5.75 Å². The summed E-state index contributed by atoms with van der Waals surface area (Å²) in [6.45, 7) is 11.2. The van der Waals surface area contributed by atoms with E-state index in [9.17, 15) is 4.79 Å². The van der Waals surface area contributed by atoms with Gasteiger partial charge in [-0.3, -0.25) is 4.79 Å². The molecule has 1 aliphatic rings. The predicted octanol–water partition coefficient (Wildman–Crippen LogP) is 2.35. The third-order valence-corrected chi connectivity index (χ3v) is 4.08. The van der Waals surface area contributed by atoms with Crippen LogP contribution in [0.2, 0.25) is 0 Å². The Kier molecular flexibility index (Phi) is 5.62. The zero-order valence-electron chi connectivity index (χ0n) is 13.3. The fourth-order valence-electron chi connectivity index (χ4n) is 2.50. The molecule has 0 aromatic heterocycles. The molecule has 0 radical (unpaired) electrons. The molecule has 4 nitrogen and oxygen atoms in total. The van der Waals surface area contributed by atoms with E-state index in [1.165, 1.54) is 5.56 Å². The van der Waals surface area contributed by atoms with E-state index in [0.29, 0.717) is 5.92 Å². The van der Waals surface area contributed by atoms with Gasteiger partial charge in [0.05, 0.1) is 0 Å². The molecule has 1 aromatic carbocycles. The lowest BCUT2D eigenvalue weighted by atomic mass is 10.0. The average Bonchev–Trinajstić information content (AvgIpc) is 2.53. The highest BCUT2D eigenvalue weighted by Crippen LogP contribution is 2.18. The zero-order chi connectivity index (χ0) is 15.2. The van der Waals surface area contributed by atoms with Crippen LogP contribution in [0.15, 0.2) is 24.3 Å². The minimum Gasteiger partial charge on any atom is -0.484 e. The first-order valence-corrected chi connectivity index (χ1v) is 7.83. The number of hydrogen-bond donors (Lipinski definition) is 0. The highest BCUT2D eigenvalue weighted by molar-refractivity contribution is 5.77. The Morgan fingerprint density at radius 1 is 1.14 bits per heavy atom. The molecule has 0 bridgehead atoms. The summed E-state index contributed by atoms with van der Waals surface area (Å²) in [4.78, 5) is 16.4. The van der Waals surface area contributed by atoms with E-state index in [4.69, 9.17) is 4.74 Å². The van der Waals surface area contributed by atoms with Crippen molar-refractivity contribution in [3.63, 3.8) is 0 Å². The number of carbonyl (C=O) groups is 1. The van der Waals surface area contributed by atoms with E-state index in [-0.39, 0.29) is 12.5 Å². The van der Waals surface area contributed by atoms with Gasteiger partial charge in [-0.25, -0.2) is 0 Å². The Balaban J connectivity index is 1.78. The van der Waals surface area contributed by atoms with Crippen LogP contribution < -0.4 is 4.74 Å². The van der Waals surface area contributed by atoms with E-state index >= 15 is 0 Å². The maximum absolute atomic E-state index is 12.1. The fraction of sp³-hybridized carbons (Fsp3) is 0.588. The molecule has 1 saturated heterocycles. The highest BCUT2D eigenvalue weighted by Gasteiger charge is 2.20. The van der Waals surface area contributed by atoms with E-state index in [0.717, 1.165) is 38.5 Å². The number of rotatable bonds is 5. The molecule has 1 fully saturated rings. The number of amides is 1. The SMILES string of the molecule is CCN1CCN(C(=O)COc2ccc(C(C)C)cc2)CC1. The Morgan fingerprint density at radius 2 is 1.76 bits per heavy atom. The van der Waals surface area contributed by atoms with Gasteiger partial charge in [0, 0.05) is 26.2 Å². The van der Waals surface area contributed by atoms with Crippen molar-refractivity contribution >= 4 is 5.91 Å². The van der Waals surface area contributed by atoms with Crippen molar-refractivity contribution in [2.75, 3.05) is 39.3 Å². The molecule has 1 amide bonds. The maximum Gasteiger partial charge on any atom is 0.260 e. The average molecular weight is 290 g/mol. The van der Waals surface area contributed by atoms with E-state index in [2.05, 4.69) is 37.8 Å². The molecule has 21 heavy (non-hydrogen) atoms. The van der Waals surface area contributed by atoms with E-state index in [1.807, 2.05) is 17.0 Å². The lowest BCUT2D eigenvalue weighted by Crippen LogP contribution is -2.49. The first kappa shape index (κ1) is 15.8. The molecule has 0 saturated carbocycles. The summed E-state index contributed by atoms with van der Waals surface area (Å²) >= 11 is 0. The first-order valence-electron chi connectivity index (χ1n) is 7.83. The summed E-state index contributed by atoms with van der Waals surface area (Å²) in [5.41, 5.74) is 1.28. The largest absolute Gasteiger partial charge is 0.484 e. The van der Waals surface area contributed by atoms with Crippen LogP contribution in [0.25, 0.3) is 0 Å². The number of ether oxygens (including phenoxy) is 1. The summed E-state index contributed by atoms with van der Waals surface area (Å²) in [5.74, 6) is 1.36. The number of nitrogens with zero attached hydrogens (tertiary/aromatic N) is 2. The van der Waals surface area contributed by atoms with Crippen molar-refractivity contribution in [1.29, 1.82) is 0 Å². The Labute approximate surface area is 127 Å². The molecular formula is C17H26N2O2. The van der Waals surface area contributed by atoms with Gasteiger partial charge in [-0.05, 0) is 30.2 Å². The lowest BCUT2D eigenvalue weighted by Gasteiger charge is -2.33. The van der Waals surface area contributed by atoms with Gasteiger partial charge in [0.15, 0.2) is 6.61 Å². The van der Waals surface area contributed by atoms with Crippen molar-refractivity contribution in [2.45, 2.75) is 26.7 Å². The molecule has 1 aromatic rings. The maximum atomic E-state index is 12.1. The molecule has 0 atom stereocenters. The Hall–Kier alpha value is -1.55. The number of carbonyl (C=O) groups excluding carboxylic acids is 1. The van der Waals surface area contributed by atoms with Gasteiger partial charge in [-0.15, -0.1) is 0 Å². The monoisotopic (exact) mass is 290 g/mol. The molecule has 2 rings (SSSR count). The smallest absolute Gasteiger partial charge is 0.260 e. The summed E-state index contributed by atoms with van der Waals surface area (Å²) in [6, 6.07) is 8.00. The molecular weight excluding hydrogens is 264 g/mol. The summed E-state index contributed by atoms with van der Waals surface area (Å²) in [5, 5.41) is 0. The third kappa shape index (κ3) is 4.46. The molecule has 0 aliphatic carbocycles. The van der Waals surface area contributed by atoms with Gasteiger partial charge in [-0.1, -0.05) is 32.9 Å². The second kappa shape index (κ2) is 7.46. The molecule has 116 valence electrons. The lowest BCUT2D eigenvalue weighted by molar-refractivity contribution is -0.135. The minimum atomic E-state index is 0.0821. The second-order valence-electron chi connectivity index (χ2n) is 5.83. The Morgan fingerprint density at radius 3 is 2.29 bits per heavy atom. The fourth-order valence-corrected chi connectivity index (χ4v) is 2.50. The third-order valence-electron chi connectivity index (χ3n) is 4.08. The normalized spacial score (nSPS) is 16.3. The van der Waals surface area contributed by atoms with Crippen LogP contribution >= 0.6 is 0 Å². The highest BCUT2D eigenvalue weighted by atomic mass is 16.5. The second-order valence-corrected chi connectivity index (χ2v) is 5.83. The number of piperazine rings is 1. The van der Waals surface area contributed by atoms with Gasteiger partial charge in [0.1, 0.15) is 5.75 Å². The van der Waals surface area contributed by atoms with Gasteiger partial charge in [0.25, 0.3) is 5.91 Å². The van der Waals surface area contributed by atoms with Gasteiger partial charge in [0.2, 0.25) is 0 Å². The molecule has 0 N–H and O–H groups in total. The van der Waals surface area contributed by atoms with Gasteiger partial charge >= 0.3 is 0 Å². The van der Waals surface area contributed by atoms with Crippen LogP contribution in [-0.2, 0) is 4.79 Å². The molecule has 0 unspecified atom stereocenters. The molecule has 0 spiro atoms. The quantitative estimate of drug-likeness (QED) is 0.834. The number of benzene rings is 1. The Bertz CT molecular complexity index is 448. The number of likely N-dealkylation sites (N-methyl/N-ethyl adjacent to an activating group) is 1. The van der Waals surface area contributed by atoms with Crippen LogP contribution in [0.3, 0.4) is 0 Å². The standard InChI is InChI=1S/C17H26N2O2/c1-4-18-9-11-19(12-10-18)17(20)13-21-16-7-5-15(6-8-16)14(2)3/h5-8,14H,4,9-13H2,1-3H3. The van der Waals surface area contributed by atoms with Crippen LogP contribution in [0.5, 0.6) is 5.75 Å². The summed E-state index contributed by atoms with van der Waals surface area (Å²) in [6.07, 6.45) is 0. The summed E-state index contributed by atoms with van der Waals surface area (Å²) in [7, 11) is 0. The van der Waals surface area contributed by atoms with Crippen LogP contribution in [0, 0.1) is 0 Å². The van der Waals surface area contributed by atoms with Crippen molar-refractivity contribution in [3.05, 3.63) is 29.8 Å². The zero-order valence-corrected chi connectivity index (χ0v) is 13.3. The van der Waals surface area contributed by atoms with Crippen molar-refractivity contribution in [2.24, 2.45) is 0 Å². The molecule has 1 heterocycles. The van der Waals surface area contributed by atoms with Gasteiger partial charge < -0.3 is 14.5 Å². The molecule has 1 aliphatic heterocycles. The number of hydrogen-bond acceptors (Lipinski definition) is 3. The van der Waals surface area contributed by atoms with Gasteiger partial charge in [-0.2, -0.15) is 0 Å². The summed E-state index contributed by atoms with van der Waals surface area (Å²) < 4.78 is 5.60. The van der Waals surface area contributed by atoms with Crippen LogP contribution in [0.1, 0.15) is 32.3 Å². The van der Waals surface area contributed by atoms with Crippen molar-refractivity contribution in [1.82, 2.24) is 9.80 Å². The minimum absolute atomic E-state index is 0.0821. The first-order chi connectivity index (χ1) is 10.1. The van der Waals surface area contributed by atoms with E-state index < -0.39 is 0 Å². The van der Waals surface area contributed by atoms with E-state index in [1.54, 1.807) is 0 Å². The predicted molar refractivity (Wildman–Crippen MR) is 84.7 cm³/mol. The topological polar surface area (TPSA) is 32.8 Å². The van der Waals surface area contributed by atoms with Crippen LogP contribution in [-0.4, -0.2) is 55.0 Å². The van der Waals surface area contributed by atoms with Crippen molar-refractivity contribution < 1.29 is 9.53 Å². The molecule has 4 heteroatoms.